The summed E-state index contributed by atoms with van der Waals surface area (Å²) in [5.74, 6) is -1.62. The maximum atomic E-state index is 13.0. The van der Waals surface area contributed by atoms with Gasteiger partial charge in [0.15, 0.2) is 0 Å². The first-order valence-electron chi connectivity index (χ1n) is 9.19. The fourth-order valence-electron chi connectivity index (χ4n) is 4.68. The molecular weight excluding hydrogens is 352 g/mol. The third-order valence-electron chi connectivity index (χ3n) is 6.03. The lowest BCUT2D eigenvalue weighted by molar-refractivity contribution is -0.151. The van der Waals surface area contributed by atoms with E-state index in [1.807, 2.05) is 41.3 Å². The molecule has 1 N–H and O–H groups in total. The van der Waals surface area contributed by atoms with Gasteiger partial charge in [-0.1, -0.05) is 35.9 Å². The second-order valence-electron chi connectivity index (χ2n) is 7.57. The molecule has 3 aliphatic rings. The summed E-state index contributed by atoms with van der Waals surface area (Å²) in [4.78, 5) is 28.8. The van der Waals surface area contributed by atoms with Crippen LogP contribution in [-0.2, 0) is 16.1 Å². The molecule has 1 saturated heterocycles. The lowest BCUT2D eigenvalue weighted by Gasteiger charge is -2.37. The molecular formula is C20H23ClN2O3. The summed E-state index contributed by atoms with van der Waals surface area (Å²) in [5.41, 5.74) is 1.21. The Morgan fingerprint density at radius 2 is 1.62 bits per heavy atom. The molecule has 4 atom stereocenters. The molecule has 0 spiro atoms. The van der Waals surface area contributed by atoms with E-state index in [1.165, 1.54) is 5.56 Å². The Balaban J connectivity index is 1.36. The third-order valence-corrected chi connectivity index (χ3v) is 6.28. The van der Waals surface area contributed by atoms with Gasteiger partial charge in [0.25, 0.3) is 0 Å². The minimum atomic E-state index is -0.832. The van der Waals surface area contributed by atoms with Gasteiger partial charge in [-0.25, -0.2) is 0 Å². The maximum Gasteiger partial charge on any atom is 0.307 e. The number of hydrogen-bond donors (Lipinski definition) is 1. The molecule has 26 heavy (non-hydrogen) atoms. The van der Waals surface area contributed by atoms with E-state index >= 15 is 0 Å². The number of fused-ring (bicyclic) bond motifs is 2. The van der Waals surface area contributed by atoms with E-state index < -0.39 is 11.9 Å². The fourth-order valence-corrected chi connectivity index (χ4v) is 4.81. The zero-order chi connectivity index (χ0) is 18.3. The van der Waals surface area contributed by atoms with Crippen LogP contribution in [0, 0.1) is 23.7 Å². The van der Waals surface area contributed by atoms with E-state index in [4.69, 9.17) is 11.6 Å². The van der Waals surface area contributed by atoms with Crippen LogP contribution in [0.5, 0.6) is 0 Å². The highest BCUT2D eigenvalue weighted by atomic mass is 35.5. The van der Waals surface area contributed by atoms with Gasteiger partial charge in [-0.05, 0) is 36.0 Å². The molecule has 1 amide bonds. The van der Waals surface area contributed by atoms with Gasteiger partial charge in [-0.2, -0.15) is 0 Å². The Hall–Kier alpha value is -1.85. The molecule has 138 valence electrons. The van der Waals surface area contributed by atoms with Crippen molar-refractivity contribution in [2.24, 2.45) is 23.7 Å². The van der Waals surface area contributed by atoms with Crippen molar-refractivity contribution in [1.82, 2.24) is 9.80 Å². The number of carbonyl (C=O) groups excluding carboxylic acids is 1. The Morgan fingerprint density at radius 1 is 1.00 bits per heavy atom. The van der Waals surface area contributed by atoms with E-state index in [0.29, 0.717) is 13.1 Å². The number of carbonyl (C=O) groups is 2. The number of benzene rings is 1. The molecule has 2 aliphatic carbocycles. The van der Waals surface area contributed by atoms with Crippen molar-refractivity contribution in [3.8, 4) is 0 Å². The molecule has 1 aliphatic heterocycles. The van der Waals surface area contributed by atoms with E-state index in [2.05, 4.69) is 4.90 Å². The SMILES string of the molecule is O=C(O)[C@@H]1[C@@H](C(=O)N2CCN(Cc3ccc(Cl)cc3)CC2)[C@H]2C=C[C@H]1C2. The van der Waals surface area contributed by atoms with Gasteiger partial charge in [0.05, 0.1) is 11.8 Å². The first kappa shape index (κ1) is 17.6. The van der Waals surface area contributed by atoms with Crippen LogP contribution in [0.1, 0.15) is 12.0 Å². The molecule has 4 rings (SSSR count). The second kappa shape index (κ2) is 7.05. The van der Waals surface area contributed by atoms with Gasteiger partial charge < -0.3 is 10.0 Å². The van der Waals surface area contributed by atoms with Crippen molar-refractivity contribution in [2.45, 2.75) is 13.0 Å². The van der Waals surface area contributed by atoms with Crippen LogP contribution < -0.4 is 0 Å². The highest BCUT2D eigenvalue weighted by Crippen LogP contribution is 2.48. The summed E-state index contributed by atoms with van der Waals surface area (Å²) in [6, 6.07) is 7.84. The molecule has 0 aromatic heterocycles. The average Bonchev–Trinajstić information content (AvgIpc) is 3.25. The molecule has 1 aromatic rings. The fraction of sp³-hybridized carbons (Fsp3) is 0.500. The molecule has 1 heterocycles. The van der Waals surface area contributed by atoms with Crippen molar-refractivity contribution in [2.75, 3.05) is 26.2 Å². The maximum absolute atomic E-state index is 13.0. The average molecular weight is 375 g/mol. The summed E-state index contributed by atoms with van der Waals surface area (Å²) in [5, 5.41) is 10.3. The highest BCUT2D eigenvalue weighted by molar-refractivity contribution is 6.30. The van der Waals surface area contributed by atoms with Crippen LogP contribution in [0.4, 0.5) is 0 Å². The van der Waals surface area contributed by atoms with Crippen molar-refractivity contribution < 1.29 is 14.7 Å². The first-order valence-corrected chi connectivity index (χ1v) is 9.57. The predicted molar refractivity (Wildman–Crippen MR) is 98.7 cm³/mol. The topological polar surface area (TPSA) is 60.9 Å². The van der Waals surface area contributed by atoms with E-state index in [1.54, 1.807) is 0 Å². The lowest BCUT2D eigenvalue weighted by atomic mass is 9.82. The number of aliphatic carboxylic acids is 1. The molecule has 6 heteroatoms. The van der Waals surface area contributed by atoms with Crippen LogP contribution in [0.15, 0.2) is 36.4 Å². The number of rotatable bonds is 4. The third kappa shape index (κ3) is 3.26. The number of halogens is 1. The lowest BCUT2D eigenvalue weighted by Crippen LogP contribution is -2.52. The van der Waals surface area contributed by atoms with Crippen LogP contribution in [-0.4, -0.2) is 53.0 Å². The molecule has 1 aromatic carbocycles. The van der Waals surface area contributed by atoms with E-state index in [9.17, 15) is 14.7 Å². The highest BCUT2D eigenvalue weighted by Gasteiger charge is 2.52. The van der Waals surface area contributed by atoms with Crippen LogP contribution in [0.3, 0.4) is 0 Å². The Morgan fingerprint density at radius 3 is 2.23 bits per heavy atom. The smallest absolute Gasteiger partial charge is 0.307 e. The van der Waals surface area contributed by atoms with Crippen molar-refractivity contribution in [3.63, 3.8) is 0 Å². The van der Waals surface area contributed by atoms with Gasteiger partial charge in [0.2, 0.25) is 5.91 Å². The molecule has 0 unspecified atom stereocenters. The number of piperazine rings is 1. The summed E-state index contributed by atoms with van der Waals surface area (Å²) in [6.07, 6.45) is 4.84. The normalized spacial score (nSPS) is 30.7. The number of nitrogens with zero attached hydrogens (tertiary/aromatic N) is 2. The Kier molecular flexibility index (Phi) is 4.76. The van der Waals surface area contributed by atoms with E-state index in [0.717, 1.165) is 31.1 Å². The number of carboxylic acid groups (broad SMARTS) is 1. The second-order valence-corrected chi connectivity index (χ2v) is 8.00. The van der Waals surface area contributed by atoms with Gasteiger partial charge >= 0.3 is 5.97 Å². The Labute approximate surface area is 158 Å². The molecule has 5 nitrogen and oxygen atoms in total. The van der Waals surface area contributed by atoms with Crippen LogP contribution in [0.25, 0.3) is 0 Å². The molecule has 2 fully saturated rings. The molecule has 2 bridgehead atoms. The minimum Gasteiger partial charge on any atom is -0.481 e. The largest absolute Gasteiger partial charge is 0.481 e. The number of amides is 1. The monoisotopic (exact) mass is 374 g/mol. The zero-order valence-electron chi connectivity index (χ0n) is 14.6. The first-order chi connectivity index (χ1) is 12.5. The zero-order valence-corrected chi connectivity index (χ0v) is 15.3. The van der Waals surface area contributed by atoms with Gasteiger partial charge in [0, 0.05) is 37.7 Å². The van der Waals surface area contributed by atoms with Crippen molar-refractivity contribution in [1.29, 1.82) is 0 Å². The standard InChI is InChI=1S/C20H23ClN2O3/c21-16-5-1-13(2-6-16)12-22-7-9-23(10-8-22)19(24)17-14-3-4-15(11-14)18(17)20(25)26/h1-6,14-15,17-18H,7-12H2,(H,25,26)/t14-,15-,17-,18-/m0/s1. The summed E-state index contributed by atoms with van der Waals surface area (Å²) >= 11 is 5.93. The van der Waals surface area contributed by atoms with Crippen molar-refractivity contribution >= 4 is 23.5 Å². The molecule has 1 saturated carbocycles. The number of hydrogen-bond acceptors (Lipinski definition) is 3. The van der Waals surface area contributed by atoms with E-state index in [-0.39, 0.29) is 23.7 Å². The number of carboxylic acids is 1. The quantitative estimate of drug-likeness (QED) is 0.822. The number of allylic oxidation sites excluding steroid dienone is 2. The molecule has 0 radical (unpaired) electrons. The Bertz CT molecular complexity index is 725. The predicted octanol–water partition coefficient (Wildman–Crippen LogP) is 2.51. The summed E-state index contributed by atoms with van der Waals surface area (Å²) < 4.78 is 0. The van der Waals surface area contributed by atoms with Gasteiger partial charge in [-0.3, -0.25) is 14.5 Å². The van der Waals surface area contributed by atoms with Gasteiger partial charge in [-0.15, -0.1) is 0 Å². The van der Waals surface area contributed by atoms with Crippen LogP contribution in [0.2, 0.25) is 5.02 Å². The minimum absolute atomic E-state index is 0.0256. The van der Waals surface area contributed by atoms with Gasteiger partial charge in [0.1, 0.15) is 0 Å². The van der Waals surface area contributed by atoms with Crippen molar-refractivity contribution in [3.05, 3.63) is 47.0 Å². The summed E-state index contributed by atoms with van der Waals surface area (Å²) in [6.45, 7) is 3.78. The summed E-state index contributed by atoms with van der Waals surface area (Å²) in [7, 11) is 0. The van der Waals surface area contributed by atoms with Crippen LogP contribution >= 0.6 is 11.6 Å².